The number of nitrogens with zero attached hydrogens (tertiary/aromatic N) is 3. The van der Waals surface area contributed by atoms with Crippen molar-refractivity contribution in [1.82, 2.24) is 0 Å². The molecule has 1 fully saturated rings. The molecule has 8 nitrogen and oxygen atoms in total. The SMILES string of the molecule is CC(=O)OC[C@@H]1CC[C@@H](N=[N+]=[N-])C(OC(C)=O)O1. The highest BCUT2D eigenvalue weighted by Gasteiger charge is 2.33. The predicted molar refractivity (Wildman–Crippen MR) is 59.2 cm³/mol. The van der Waals surface area contributed by atoms with E-state index in [-0.39, 0.29) is 12.7 Å². The van der Waals surface area contributed by atoms with Crippen molar-refractivity contribution in [3.63, 3.8) is 0 Å². The third kappa shape index (κ3) is 4.60. The molecule has 100 valence electrons. The van der Waals surface area contributed by atoms with Gasteiger partial charge in [-0.1, -0.05) is 5.11 Å². The summed E-state index contributed by atoms with van der Waals surface area (Å²) in [7, 11) is 0. The van der Waals surface area contributed by atoms with Crippen LogP contribution in [0.1, 0.15) is 26.7 Å². The molecule has 0 radical (unpaired) electrons. The molecule has 18 heavy (non-hydrogen) atoms. The number of ether oxygens (including phenoxy) is 3. The van der Waals surface area contributed by atoms with E-state index in [1.54, 1.807) is 0 Å². The number of azide groups is 1. The van der Waals surface area contributed by atoms with Crippen LogP contribution >= 0.6 is 0 Å². The Morgan fingerprint density at radius 3 is 2.67 bits per heavy atom. The Kier molecular flexibility index (Phi) is 5.41. The Balaban J connectivity index is 2.57. The van der Waals surface area contributed by atoms with Crippen LogP contribution in [0.3, 0.4) is 0 Å². The molecule has 1 unspecified atom stereocenters. The zero-order valence-corrected chi connectivity index (χ0v) is 10.2. The lowest BCUT2D eigenvalue weighted by Gasteiger charge is -2.33. The Bertz CT molecular complexity index is 367. The van der Waals surface area contributed by atoms with Gasteiger partial charge in [0.2, 0.25) is 6.29 Å². The summed E-state index contributed by atoms with van der Waals surface area (Å²) < 4.78 is 15.2. The molecular weight excluding hydrogens is 242 g/mol. The zero-order chi connectivity index (χ0) is 13.5. The van der Waals surface area contributed by atoms with Crippen LogP contribution in [0, 0.1) is 0 Å². The highest BCUT2D eigenvalue weighted by molar-refractivity contribution is 5.66. The van der Waals surface area contributed by atoms with E-state index in [2.05, 4.69) is 10.0 Å². The van der Waals surface area contributed by atoms with Crippen LogP contribution < -0.4 is 0 Å². The molecule has 0 saturated carbocycles. The molecule has 0 bridgehead atoms. The van der Waals surface area contributed by atoms with Gasteiger partial charge in [-0.3, -0.25) is 9.59 Å². The van der Waals surface area contributed by atoms with E-state index < -0.39 is 24.3 Å². The molecule has 0 aromatic carbocycles. The van der Waals surface area contributed by atoms with Crippen LogP contribution in [0.2, 0.25) is 0 Å². The summed E-state index contributed by atoms with van der Waals surface area (Å²) in [5, 5.41) is 3.52. The van der Waals surface area contributed by atoms with Gasteiger partial charge in [-0.15, -0.1) is 0 Å². The molecule has 3 atom stereocenters. The Morgan fingerprint density at radius 1 is 1.39 bits per heavy atom. The highest BCUT2D eigenvalue weighted by atomic mass is 16.7. The van der Waals surface area contributed by atoms with Crippen molar-refractivity contribution in [2.45, 2.75) is 45.1 Å². The summed E-state index contributed by atoms with van der Waals surface area (Å²) in [6.45, 7) is 2.64. The first-order chi connectivity index (χ1) is 8.52. The molecule has 1 aliphatic heterocycles. The minimum atomic E-state index is -0.923. The molecule has 0 amide bonds. The van der Waals surface area contributed by atoms with Gasteiger partial charge in [0.1, 0.15) is 12.6 Å². The summed E-state index contributed by atoms with van der Waals surface area (Å²) in [6.07, 6.45) is -0.209. The Labute approximate surface area is 104 Å². The lowest BCUT2D eigenvalue weighted by atomic mass is 10.0. The van der Waals surface area contributed by atoms with E-state index in [9.17, 15) is 9.59 Å². The second-order valence-corrected chi connectivity index (χ2v) is 3.89. The molecule has 1 heterocycles. The summed E-state index contributed by atoms with van der Waals surface area (Å²) in [5.74, 6) is -0.925. The largest absolute Gasteiger partial charge is 0.463 e. The zero-order valence-electron chi connectivity index (χ0n) is 10.2. The molecule has 0 spiro atoms. The van der Waals surface area contributed by atoms with Crippen molar-refractivity contribution >= 4 is 11.9 Å². The third-order valence-electron chi connectivity index (χ3n) is 2.38. The second-order valence-electron chi connectivity index (χ2n) is 3.89. The van der Waals surface area contributed by atoms with Crippen LogP contribution in [0.25, 0.3) is 10.4 Å². The highest BCUT2D eigenvalue weighted by Crippen LogP contribution is 2.23. The average molecular weight is 257 g/mol. The fourth-order valence-electron chi connectivity index (χ4n) is 1.62. The van der Waals surface area contributed by atoms with Crippen LogP contribution in [-0.4, -0.2) is 37.0 Å². The second kappa shape index (κ2) is 6.83. The topological polar surface area (TPSA) is 111 Å². The minimum absolute atomic E-state index is 0.0933. The van der Waals surface area contributed by atoms with Crippen molar-refractivity contribution < 1.29 is 23.8 Å². The van der Waals surface area contributed by atoms with E-state index in [0.717, 1.165) is 0 Å². The van der Waals surface area contributed by atoms with Gasteiger partial charge < -0.3 is 14.2 Å². The van der Waals surface area contributed by atoms with E-state index in [1.807, 2.05) is 0 Å². The number of carbonyl (C=O) groups excluding carboxylic acids is 2. The maximum atomic E-state index is 10.9. The first-order valence-electron chi connectivity index (χ1n) is 5.53. The molecule has 1 saturated heterocycles. The molecule has 0 aromatic heterocycles. The minimum Gasteiger partial charge on any atom is -0.463 e. The molecule has 0 N–H and O–H groups in total. The van der Waals surface area contributed by atoms with Gasteiger partial charge in [0.15, 0.2) is 0 Å². The number of rotatable bonds is 4. The van der Waals surface area contributed by atoms with E-state index in [4.69, 9.17) is 19.7 Å². The first-order valence-corrected chi connectivity index (χ1v) is 5.53. The predicted octanol–water partition coefficient (Wildman–Crippen LogP) is 1.30. The number of carbonyl (C=O) groups is 2. The van der Waals surface area contributed by atoms with Crippen LogP contribution in [0.15, 0.2) is 5.11 Å². The van der Waals surface area contributed by atoms with E-state index >= 15 is 0 Å². The summed E-state index contributed by atoms with van der Waals surface area (Å²) in [5.41, 5.74) is 8.41. The summed E-state index contributed by atoms with van der Waals surface area (Å²) >= 11 is 0. The lowest BCUT2D eigenvalue weighted by Crippen LogP contribution is -2.42. The van der Waals surface area contributed by atoms with Gasteiger partial charge in [0.05, 0.1) is 6.10 Å². The lowest BCUT2D eigenvalue weighted by molar-refractivity contribution is -0.213. The number of esters is 2. The van der Waals surface area contributed by atoms with Crippen molar-refractivity contribution in [2.75, 3.05) is 6.61 Å². The molecule has 0 aliphatic carbocycles. The van der Waals surface area contributed by atoms with Crippen LogP contribution in [0.5, 0.6) is 0 Å². The normalized spacial score (nSPS) is 26.9. The fraction of sp³-hybridized carbons (Fsp3) is 0.800. The van der Waals surface area contributed by atoms with Crippen molar-refractivity contribution in [3.8, 4) is 0 Å². The molecule has 0 aromatic rings. The number of hydrogen-bond acceptors (Lipinski definition) is 6. The van der Waals surface area contributed by atoms with Crippen molar-refractivity contribution in [2.24, 2.45) is 5.11 Å². The Morgan fingerprint density at radius 2 is 2.11 bits per heavy atom. The number of hydrogen-bond donors (Lipinski definition) is 0. The quantitative estimate of drug-likeness (QED) is 0.326. The van der Waals surface area contributed by atoms with Gasteiger partial charge in [0.25, 0.3) is 0 Å². The van der Waals surface area contributed by atoms with Gasteiger partial charge in [-0.05, 0) is 18.4 Å². The molecule has 1 rings (SSSR count). The smallest absolute Gasteiger partial charge is 0.304 e. The van der Waals surface area contributed by atoms with Crippen molar-refractivity contribution in [3.05, 3.63) is 10.4 Å². The standard InChI is InChI=1S/C10H15N3O5/c1-6(14)16-5-8-3-4-9(12-13-11)10(18-8)17-7(2)15/h8-10H,3-5H2,1-2H3/t8-,9+,10?/m0/s1. The van der Waals surface area contributed by atoms with Gasteiger partial charge >= 0.3 is 11.9 Å². The summed E-state index contributed by atoms with van der Waals surface area (Å²) in [6, 6.07) is -0.549. The monoisotopic (exact) mass is 257 g/mol. The van der Waals surface area contributed by atoms with E-state index in [1.165, 1.54) is 13.8 Å². The fourth-order valence-corrected chi connectivity index (χ4v) is 1.62. The van der Waals surface area contributed by atoms with Crippen LogP contribution in [0.4, 0.5) is 0 Å². The van der Waals surface area contributed by atoms with E-state index in [0.29, 0.717) is 12.8 Å². The Hall–Kier alpha value is -1.79. The average Bonchev–Trinajstić information content (AvgIpc) is 2.29. The van der Waals surface area contributed by atoms with Gasteiger partial charge in [-0.25, -0.2) is 0 Å². The first kappa shape index (κ1) is 14.3. The van der Waals surface area contributed by atoms with Gasteiger partial charge in [-0.2, -0.15) is 0 Å². The van der Waals surface area contributed by atoms with Gasteiger partial charge in [0, 0.05) is 18.8 Å². The molecule has 1 aliphatic rings. The molecular formula is C10H15N3O5. The van der Waals surface area contributed by atoms with Crippen LogP contribution in [-0.2, 0) is 23.8 Å². The van der Waals surface area contributed by atoms with Crippen molar-refractivity contribution in [1.29, 1.82) is 0 Å². The summed E-state index contributed by atoms with van der Waals surface area (Å²) in [4.78, 5) is 24.3. The maximum absolute atomic E-state index is 10.9. The maximum Gasteiger partial charge on any atom is 0.304 e. The third-order valence-corrected chi connectivity index (χ3v) is 2.38. The molecule has 8 heteroatoms.